The van der Waals surface area contributed by atoms with Gasteiger partial charge in [-0.05, 0) is 45.4 Å². The van der Waals surface area contributed by atoms with Gasteiger partial charge in [-0.3, -0.25) is 9.59 Å². The van der Waals surface area contributed by atoms with E-state index in [0.717, 1.165) is 18.8 Å². The Hall–Kier alpha value is -3.62. The summed E-state index contributed by atoms with van der Waals surface area (Å²) in [5, 5.41) is 20.9. The van der Waals surface area contributed by atoms with Crippen LogP contribution in [0.3, 0.4) is 0 Å². The Balaban J connectivity index is 2.27. The Morgan fingerprint density at radius 3 is 1.67 bits per heavy atom. The molecule has 0 aliphatic carbocycles. The molecule has 0 fully saturated rings. The van der Waals surface area contributed by atoms with Crippen molar-refractivity contribution in [3.63, 3.8) is 0 Å². The van der Waals surface area contributed by atoms with E-state index in [1.807, 2.05) is 26.0 Å². The van der Waals surface area contributed by atoms with Crippen molar-refractivity contribution in [3.05, 3.63) is 73.3 Å². The molecule has 1 aromatic carbocycles. The van der Waals surface area contributed by atoms with Gasteiger partial charge in [-0.15, -0.1) is 0 Å². The second-order valence-electron chi connectivity index (χ2n) is 6.97. The van der Waals surface area contributed by atoms with Crippen LogP contribution in [0, 0.1) is 13.8 Å². The Kier molecular flexibility index (Phi) is 5.91. The molecule has 9 nitrogen and oxygen atoms in total. The highest BCUT2D eigenvalue weighted by Gasteiger charge is 2.30. The van der Waals surface area contributed by atoms with Gasteiger partial charge >= 0.3 is 0 Å². The van der Waals surface area contributed by atoms with E-state index >= 15 is 0 Å². The van der Waals surface area contributed by atoms with Gasteiger partial charge in [0.25, 0.3) is 11.1 Å². The molecule has 0 radical (unpaired) electrons. The number of H-pyrrole nitrogens is 2. The molecular weight excluding hydrogens is 386 g/mol. The summed E-state index contributed by atoms with van der Waals surface area (Å²) in [7, 11) is 0. The number of aryl methyl sites for hydroxylation is 2. The number of benzene rings is 1. The first-order valence-corrected chi connectivity index (χ1v) is 9.71. The van der Waals surface area contributed by atoms with Crippen molar-refractivity contribution >= 4 is 5.69 Å². The van der Waals surface area contributed by atoms with E-state index in [2.05, 4.69) is 24.8 Å². The minimum atomic E-state index is -1.07. The highest BCUT2D eigenvalue weighted by atomic mass is 16.3. The molecule has 3 rings (SSSR count). The molecule has 0 saturated carbocycles. The van der Waals surface area contributed by atoms with Gasteiger partial charge in [-0.2, -0.15) is 0 Å². The SMILES string of the molecule is CCN(CC)c1ccc(C(c2c(O)nc(C)[nH]c2=O)c2c(O)nc(C)[nH]c2=O)cc1. The lowest BCUT2D eigenvalue weighted by Gasteiger charge is -2.23. The fourth-order valence-electron chi connectivity index (χ4n) is 3.62. The summed E-state index contributed by atoms with van der Waals surface area (Å²) in [5.41, 5.74) is 0.0336. The second-order valence-corrected chi connectivity index (χ2v) is 6.97. The standard InChI is InChI=1S/C21H25N5O4/c1-5-26(6-2)14-9-7-13(8-10-14)15(16-18(27)22-11(3)23-19(16)28)17-20(29)24-12(4)25-21(17)30/h7-10,15H,5-6H2,1-4H3,(H2,22,23,27,28)(H2,24,25,29,30). The first kappa shape index (κ1) is 21.1. The largest absolute Gasteiger partial charge is 0.493 e. The van der Waals surface area contributed by atoms with Crippen molar-refractivity contribution in [1.29, 1.82) is 0 Å². The molecule has 4 N–H and O–H groups in total. The fraction of sp³-hybridized carbons (Fsp3) is 0.333. The molecule has 0 aliphatic heterocycles. The van der Waals surface area contributed by atoms with Gasteiger partial charge in [-0.25, -0.2) is 9.97 Å². The predicted molar refractivity (Wildman–Crippen MR) is 113 cm³/mol. The van der Waals surface area contributed by atoms with Gasteiger partial charge in [0.1, 0.15) is 11.6 Å². The Morgan fingerprint density at radius 1 is 0.867 bits per heavy atom. The summed E-state index contributed by atoms with van der Waals surface area (Å²) >= 11 is 0. The molecule has 0 amide bonds. The summed E-state index contributed by atoms with van der Waals surface area (Å²) in [6.07, 6.45) is 0. The minimum absolute atomic E-state index is 0.136. The van der Waals surface area contributed by atoms with Gasteiger partial charge in [-0.1, -0.05) is 12.1 Å². The molecule has 0 saturated heterocycles. The van der Waals surface area contributed by atoms with E-state index in [4.69, 9.17) is 0 Å². The lowest BCUT2D eigenvalue weighted by Crippen LogP contribution is -2.26. The number of nitrogens with zero attached hydrogens (tertiary/aromatic N) is 3. The quantitative estimate of drug-likeness (QED) is 0.486. The van der Waals surface area contributed by atoms with Crippen LogP contribution in [0.25, 0.3) is 0 Å². The van der Waals surface area contributed by atoms with Gasteiger partial charge in [0.2, 0.25) is 11.8 Å². The molecule has 30 heavy (non-hydrogen) atoms. The second kappa shape index (κ2) is 8.40. The number of aromatic amines is 2. The minimum Gasteiger partial charge on any atom is -0.493 e. The van der Waals surface area contributed by atoms with Crippen LogP contribution >= 0.6 is 0 Å². The molecule has 9 heteroatoms. The van der Waals surface area contributed by atoms with E-state index in [9.17, 15) is 19.8 Å². The summed E-state index contributed by atoms with van der Waals surface area (Å²) < 4.78 is 0. The molecule has 0 bridgehead atoms. The van der Waals surface area contributed by atoms with Crippen molar-refractivity contribution in [2.24, 2.45) is 0 Å². The number of anilines is 1. The third-order valence-electron chi connectivity index (χ3n) is 5.04. The topological polar surface area (TPSA) is 135 Å². The van der Waals surface area contributed by atoms with Crippen molar-refractivity contribution in [2.45, 2.75) is 33.6 Å². The van der Waals surface area contributed by atoms with Crippen LogP contribution in [0.15, 0.2) is 33.9 Å². The zero-order chi connectivity index (χ0) is 22.0. The molecule has 0 atom stereocenters. The summed E-state index contributed by atoms with van der Waals surface area (Å²) in [5.74, 6) is -1.61. The third kappa shape index (κ3) is 3.91. The highest BCUT2D eigenvalue weighted by molar-refractivity contribution is 5.53. The molecule has 2 heterocycles. The lowest BCUT2D eigenvalue weighted by molar-refractivity contribution is 0.430. The first-order valence-electron chi connectivity index (χ1n) is 9.71. The van der Waals surface area contributed by atoms with Gasteiger partial charge in [0, 0.05) is 18.8 Å². The number of hydrogen-bond acceptors (Lipinski definition) is 7. The van der Waals surface area contributed by atoms with Crippen molar-refractivity contribution in [1.82, 2.24) is 19.9 Å². The zero-order valence-electron chi connectivity index (χ0n) is 17.4. The van der Waals surface area contributed by atoms with Gasteiger partial charge in [0.05, 0.1) is 17.0 Å². The average Bonchev–Trinajstić information content (AvgIpc) is 2.67. The van der Waals surface area contributed by atoms with E-state index in [0.29, 0.717) is 5.56 Å². The smallest absolute Gasteiger partial charge is 0.258 e. The van der Waals surface area contributed by atoms with Crippen molar-refractivity contribution in [2.75, 3.05) is 18.0 Å². The predicted octanol–water partition coefficient (Wildman–Crippen LogP) is 1.91. The van der Waals surface area contributed by atoms with E-state index in [-0.39, 0.29) is 22.8 Å². The van der Waals surface area contributed by atoms with Crippen LogP contribution < -0.4 is 16.0 Å². The first-order chi connectivity index (χ1) is 14.3. The van der Waals surface area contributed by atoms with Crippen LogP contribution in [0.2, 0.25) is 0 Å². The molecule has 158 valence electrons. The number of aromatic hydroxyl groups is 2. The maximum atomic E-state index is 12.7. The van der Waals surface area contributed by atoms with Crippen LogP contribution in [-0.4, -0.2) is 43.2 Å². The summed E-state index contributed by atoms with van der Waals surface area (Å²) in [6.45, 7) is 8.82. The molecule has 2 aromatic heterocycles. The maximum Gasteiger partial charge on any atom is 0.258 e. The van der Waals surface area contributed by atoms with Gasteiger partial charge < -0.3 is 25.1 Å². The number of nitrogens with one attached hydrogen (secondary N) is 2. The third-order valence-corrected chi connectivity index (χ3v) is 5.04. The van der Waals surface area contributed by atoms with Crippen LogP contribution in [0.4, 0.5) is 5.69 Å². The molecule has 0 spiro atoms. The monoisotopic (exact) mass is 411 g/mol. The normalized spacial score (nSPS) is 11.1. The molecule has 0 unspecified atom stereocenters. The lowest BCUT2D eigenvalue weighted by atomic mass is 9.86. The number of rotatable bonds is 6. The average molecular weight is 411 g/mol. The maximum absolute atomic E-state index is 12.7. The molecule has 3 aromatic rings. The fourth-order valence-corrected chi connectivity index (χ4v) is 3.62. The number of hydrogen-bond donors (Lipinski definition) is 4. The Bertz CT molecular complexity index is 1100. The van der Waals surface area contributed by atoms with Crippen LogP contribution in [0.1, 0.15) is 48.1 Å². The van der Waals surface area contributed by atoms with Crippen LogP contribution in [0.5, 0.6) is 11.8 Å². The van der Waals surface area contributed by atoms with Crippen molar-refractivity contribution < 1.29 is 10.2 Å². The number of aromatic nitrogens is 4. The Labute approximate surface area is 173 Å². The highest BCUT2D eigenvalue weighted by Crippen LogP contribution is 2.36. The molecular formula is C21H25N5O4. The molecule has 0 aliphatic rings. The van der Waals surface area contributed by atoms with Gasteiger partial charge in [0.15, 0.2) is 0 Å². The zero-order valence-corrected chi connectivity index (χ0v) is 17.4. The summed E-state index contributed by atoms with van der Waals surface area (Å²) in [6, 6.07) is 7.26. The Morgan fingerprint density at radius 2 is 1.30 bits per heavy atom. The van der Waals surface area contributed by atoms with Crippen molar-refractivity contribution in [3.8, 4) is 11.8 Å². The van der Waals surface area contributed by atoms with E-state index in [1.54, 1.807) is 12.1 Å². The van der Waals surface area contributed by atoms with E-state index in [1.165, 1.54) is 13.8 Å². The summed E-state index contributed by atoms with van der Waals surface area (Å²) in [4.78, 5) is 40.6. The van der Waals surface area contributed by atoms with Crippen LogP contribution in [-0.2, 0) is 0 Å². The van der Waals surface area contributed by atoms with E-state index < -0.39 is 28.8 Å².